The van der Waals surface area contributed by atoms with E-state index in [1.165, 1.54) is 30.0 Å². The minimum Gasteiger partial charge on any atom is -0.507 e. The zero-order valence-electron chi connectivity index (χ0n) is 11.8. The number of nitrogens with zero attached hydrogens (tertiary/aromatic N) is 2. The second-order valence-corrected chi connectivity index (χ2v) is 7.38. The molecule has 5 nitrogen and oxygen atoms in total. The molecule has 0 bridgehead atoms. The summed E-state index contributed by atoms with van der Waals surface area (Å²) in [5.41, 5.74) is 0.396. The van der Waals surface area contributed by atoms with Crippen LogP contribution in [0.15, 0.2) is 23.2 Å². The monoisotopic (exact) mass is 342 g/mol. The molecular weight excluding hydrogens is 327 g/mol. The highest BCUT2D eigenvalue weighted by Crippen LogP contribution is 2.37. The van der Waals surface area contributed by atoms with E-state index in [4.69, 9.17) is 0 Å². The highest BCUT2D eigenvalue weighted by molar-refractivity contribution is 8.14. The summed E-state index contributed by atoms with van der Waals surface area (Å²) in [4.78, 5) is 17.6. The van der Waals surface area contributed by atoms with Gasteiger partial charge in [-0.25, -0.2) is 4.39 Å². The number of carboxylic acids is 1. The minimum atomic E-state index is -0.824. The molecule has 2 aliphatic heterocycles. The van der Waals surface area contributed by atoms with Gasteiger partial charge >= 0.3 is 5.97 Å². The molecule has 0 spiro atoms. The number of benzene rings is 1. The zero-order valence-corrected chi connectivity index (χ0v) is 13.4. The molecule has 1 aromatic carbocycles. The number of likely N-dealkylation sites (N-methyl/N-ethyl adjacent to an activating group) is 1. The summed E-state index contributed by atoms with van der Waals surface area (Å²) in [6, 6.07) is 3.23. The van der Waals surface area contributed by atoms with Crippen molar-refractivity contribution in [1.82, 2.24) is 4.90 Å². The Bertz CT molecular complexity index is 641. The minimum absolute atomic E-state index is 0.00384. The van der Waals surface area contributed by atoms with Crippen LogP contribution in [0.4, 0.5) is 4.39 Å². The van der Waals surface area contributed by atoms with Gasteiger partial charge < -0.3 is 10.2 Å². The van der Waals surface area contributed by atoms with Crippen molar-refractivity contribution >= 4 is 34.5 Å². The fourth-order valence-electron chi connectivity index (χ4n) is 2.59. The summed E-state index contributed by atoms with van der Waals surface area (Å²) >= 11 is 3.04. The lowest BCUT2D eigenvalue weighted by Crippen LogP contribution is -2.42. The van der Waals surface area contributed by atoms with Crippen LogP contribution in [0.5, 0.6) is 5.75 Å². The number of aliphatic imine (C=N–C) groups is 1. The third-order valence-electron chi connectivity index (χ3n) is 3.79. The molecule has 0 radical (unpaired) electrons. The Morgan fingerprint density at radius 1 is 1.45 bits per heavy atom. The smallest absolute Gasteiger partial charge is 0.321 e. The van der Waals surface area contributed by atoms with Gasteiger partial charge in [-0.05, 0) is 25.2 Å². The quantitative estimate of drug-likeness (QED) is 0.873. The van der Waals surface area contributed by atoms with Gasteiger partial charge in [0.25, 0.3) is 0 Å². The van der Waals surface area contributed by atoms with Crippen LogP contribution in [0.1, 0.15) is 5.56 Å². The standard InChI is InChI=1S/C14H15FN2O3S2/c1-17-10(14(19)20)6-22-13(17)9-5-21-12(16-9)8-4-7(15)2-3-11(8)18/h2-4,9-10,13,18H,5-6H2,1H3,(H,19,20)/t9?,10-,13+/m1/s1. The van der Waals surface area contributed by atoms with E-state index in [2.05, 4.69) is 4.99 Å². The summed E-state index contributed by atoms with van der Waals surface area (Å²) in [5, 5.41) is 19.6. The first-order valence-corrected chi connectivity index (χ1v) is 8.76. The van der Waals surface area contributed by atoms with Crippen molar-refractivity contribution in [2.24, 2.45) is 4.99 Å². The number of thioether (sulfide) groups is 2. The molecule has 2 heterocycles. The lowest BCUT2D eigenvalue weighted by atomic mass is 10.2. The van der Waals surface area contributed by atoms with Crippen LogP contribution in [0, 0.1) is 5.82 Å². The summed E-state index contributed by atoms with van der Waals surface area (Å²) in [5.74, 6) is -0.00925. The van der Waals surface area contributed by atoms with Gasteiger partial charge in [-0.15, -0.1) is 23.5 Å². The van der Waals surface area contributed by atoms with Gasteiger partial charge in [0.05, 0.1) is 17.0 Å². The number of halogens is 1. The number of aromatic hydroxyl groups is 1. The van der Waals surface area contributed by atoms with Crippen LogP contribution in [0.3, 0.4) is 0 Å². The Morgan fingerprint density at radius 2 is 2.23 bits per heavy atom. The third kappa shape index (κ3) is 2.82. The van der Waals surface area contributed by atoms with Crippen LogP contribution in [-0.2, 0) is 4.79 Å². The average Bonchev–Trinajstić information content (AvgIpc) is 3.07. The second kappa shape index (κ2) is 6.10. The first kappa shape index (κ1) is 15.6. The molecule has 8 heteroatoms. The maximum absolute atomic E-state index is 13.3. The molecule has 1 unspecified atom stereocenters. The van der Waals surface area contributed by atoms with Crippen molar-refractivity contribution in [2.45, 2.75) is 17.5 Å². The number of carbonyl (C=O) groups is 1. The van der Waals surface area contributed by atoms with Gasteiger partial charge in [0, 0.05) is 11.5 Å². The number of hydrogen-bond acceptors (Lipinski definition) is 6. The Hall–Kier alpha value is -1.25. The van der Waals surface area contributed by atoms with Crippen molar-refractivity contribution in [3.8, 4) is 5.75 Å². The van der Waals surface area contributed by atoms with E-state index in [1.54, 1.807) is 18.8 Å². The van der Waals surface area contributed by atoms with Gasteiger partial charge in [-0.2, -0.15) is 0 Å². The normalized spacial score (nSPS) is 28.8. The molecule has 1 fully saturated rings. The predicted octanol–water partition coefficient (Wildman–Crippen LogP) is 1.85. The third-order valence-corrected chi connectivity index (χ3v) is 6.40. The number of hydrogen-bond donors (Lipinski definition) is 2. The van der Waals surface area contributed by atoms with E-state index < -0.39 is 17.8 Å². The van der Waals surface area contributed by atoms with Gasteiger partial charge in [-0.3, -0.25) is 14.7 Å². The van der Waals surface area contributed by atoms with Crippen LogP contribution in [0.2, 0.25) is 0 Å². The molecule has 0 amide bonds. The first-order valence-electron chi connectivity index (χ1n) is 6.73. The fraction of sp³-hybridized carbons (Fsp3) is 0.429. The summed E-state index contributed by atoms with van der Waals surface area (Å²) < 4.78 is 13.3. The van der Waals surface area contributed by atoms with E-state index in [9.17, 15) is 19.4 Å². The average molecular weight is 342 g/mol. The van der Waals surface area contributed by atoms with E-state index in [0.717, 1.165) is 0 Å². The largest absolute Gasteiger partial charge is 0.507 e. The van der Waals surface area contributed by atoms with Gasteiger partial charge in [-0.1, -0.05) is 0 Å². The second-order valence-electron chi connectivity index (χ2n) is 5.22. The highest BCUT2D eigenvalue weighted by atomic mass is 32.2. The van der Waals surface area contributed by atoms with E-state index in [0.29, 0.717) is 22.1 Å². The van der Waals surface area contributed by atoms with E-state index in [1.807, 2.05) is 4.90 Å². The topological polar surface area (TPSA) is 73.1 Å². The molecule has 118 valence electrons. The summed E-state index contributed by atoms with van der Waals surface area (Å²) in [7, 11) is 1.79. The van der Waals surface area contributed by atoms with Crippen LogP contribution < -0.4 is 0 Å². The molecule has 0 aliphatic carbocycles. The maximum atomic E-state index is 13.3. The lowest BCUT2D eigenvalue weighted by Gasteiger charge is -2.24. The van der Waals surface area contributed by atoms with Gasteiger partial charge in [0.15, 0.2) is 0 Å². The molecule has 22 heavy (non-hydrogen) atoms. The van der Waals surface area contributed by atoms with Gasteiger partial charge in [0.1, 0.15) is 22.7 Å². The van der Waals surface area contributed by atoms with Crippen molar-refractivity contribution in [2.75, 3.05) is 18.6 Å². The molecule has 0 aromatic heterocycles. The van der Waals surface area contributed by atoms with E-state index in [-0.39, 0.29) is 17.2 Å². The van der Waals surface area contributed by atoms with Crippen molar-refractivity contribution in [3.05, 3.63) is 29.6 Å². The SMILES string of the molecule is CN1[C@@H](C(=O)O)CS[C@H]1C1CSC(c2cc(F)ccc2O)=N1. The van der Waals surface area contributed by atoms with Crippen LogP contribution in [-0.4, -0.2) is 62.1 Å². The van der Waals surface area contributed by atoms with E-state index >= 15 is 0 Å². The Kier molecular flexibility index (Phi) is 4.33. The Labute approximate surface area is 135 Å². The number of aliphatic carboxylic acids is 1. The molecular formula is C14H15FN2O3S2. The molecule has 0 saturated carbocycles. The molecule has 3 atom stereocenters. The lowest BCUT2D eigenvalue weighted by molar-refractivity contribution is -0.141. The molecule has 2 N–H and O–H groups in total. The Balaban J connectivity index is 1.80. The highest BCUT2D eigenvalue weighted by Gasteiger charge is 2.41. The molecule has 1 aromatic rings. The molecule has 1 saturated heterocycles. The summed E-state index contributed by atoms with van der Waals surface area (Å²) in [6.07, 6.45) is 0. The van der Waals surface area contributed by atoms with Crippen molar-refractivity contribution in [1.29, 1.82) is 0 Å². The zero-order chi connectivity index (χ0) is 15.9. The van der Waals surface area contributed by atoms with Crippen LogP contribution in [0.25, 0.3) is 0 Å². The van der Waals surface area contributed by atoms with Gasteiger partial charge in [0.2, 0.25) is 0 Å². The van der Waals surface area contributed by atoms with Crippen molar-refractivity contribution in [3.63, 3.8) is 0 Å². The molecule has 3 rings (SSSR count). The molecule has 2 aliphatic rings. The van der Waals surface area contributed by atoms with Crippen LogP contribution >= 0.6 is 23.5 Å². The Morgan fingerprint density at radius 3 is 2.91 bits per heavy atom. The number of phenolic OH excluding ortho intramolecular Hbond substituents is 1. The first-order chi connectivity index (χ1) is 10.5. The van der Waals surface area contributed by atoms with Crippen molar-refractivity contribution < 1.29 is 19.4 Å². The number of phenols is 1. The fourth-order valence-corrected chi connectivity index (χ4v) is 5.35. The maximum Gasteiger partial charge on any atom is 0.321 e. The number of carboxylic acid groups (broad SMARTS) is 1. The number of rotatable bonds is 3. The predicted molar refractivity (Wildman–Crippen MR) is 86.3 cm³/mol. The summed E-state index contributed by atoms with van der Waals surface area (Å²) in [6.45, 7) is 0.